The van der Waals surface area contributed by atoms with Crippen molar-refractivity contribution >= 4 is 44.8 Å². The van der Waals surface area contributed by atoms with Gasteiger partial charge in [0.05, 0.1) is 10.6 Å². The molecule has 0 bridgehead atoms. The smallest absolute Gasteiger partial charge is 0.264 e. The predicted octanol–water partition coefficient (Wildman–Crippen LogP) is 3.82. The van der Waals surface area contributed by atoms with Gasteiger partial charge in [0.25, 0.3) is 15.9 Å². The lowest BCUT2D eigenvalue weighted by Crippen LogP contribution is -2.26. The number of carbonyl (C=O) groups excluding carboxylic acids is 2. The number of nitrogens with one attached hydrogen (secondary N) is 1. The molecule has 0 aliphatic rings. The molecule has 0 spiro atoms. The Bertz CT molecular complexity index is 1240. The number of hydrogen-bond donors (Lipinski definition) is 2. The Morgan fingerprint density at radius 1 is 0.968 bits per heavy atom. The maximum absolute atomic E-state index is 12.8. The lowest BCUT2D eigenvalue weighted by molar-refractivity contribution is 0.0995. The highest BCUT2D eigenvalue weighted by Crippen LogP contribution is 2.24. The van der Waals surface area contributed by atoms with Crippen LogP contribution in [0.15, 0.2) is 71.6 Å². The minimum Gasteiger partial charge on any atom is -0.366 e. The number of anilines is 2. The minimum absolute atomic E-state index is 0.103. The van der Waals surface area contributed by atoms with Crippen LogP contribution in [0.3, 0.4) is 0 Å². The number of hydrogen-bond acceptors (Lipinski definition) is 4. The maximum Gasteiger partial charge on any atom is 0.264 e. The number of amides is 2. The lowest BCUT2D eigenvalue weighted by Gasteiger charge is -2.20. The third-order valence-electron chi connectivity index (χ3n) is 4.81. The van der Waals surface area contributed by atoms with Gasteiger partial charge in [0.15, 0.2) is 0 Å². The largest absolute Gasteiger partial charge is 0.366 e. The Labute approximate surface area is 185 Å². The molecule has 3 N–H and O–H groups in total. The first-order valence-electron chi connectivity index (χ1n) is 9.16. The van der Waals surface area contributed by atoms with E-state index in [1.54, 1.807) is 25.1 Å². The second-order valence-corrected chi connectivity index (χ2v) is 9.18. The topological polar surface area (TPSA) is 110 Å². The molecule has 7 nitrogen and oxygen atoms in total. The number of nitrogens with two attached hydrogens (primary N) is 1. The zero-order valence-electron chi connectivity index (χ0n) is 16.8. The van der Waals surface area contributed by atoms with Crippen molar-refractivity contribution in [2.24, 2.45) is 5.73 Å². The summed E-state index contributed by atoms with van der Waals surface area (Å²) in [6.07, 6.45) is 0. The summed E-state index contributed by atoms with van der Waals surface area (Å²) < 4.78 is 26.7. The van der Waals surface area contributed by atoms with Gasteiger partial charge in [-0.05, 0) is 73.2 Å². The highest BCUT2D eigenvalue weighted by Gasteiger charge is 2.21. The van der Waals surface area contributed by atoms with Crippen molar-refractivity contribution < 1.29 is 18.0 Å². The van der Waals surface area contributed by atoms with Crippen LogP contribution in [0.4, 0.5) is 11.4 Å². The van der Waals surface area contributed by atoms with E-state index in [1.165, 1.54) is 55.6 Å². The molecular formula is C22H20ClN3O4S. The van der Waals surface area contributed by atoms with Crippen LogP contribution >= 0.6 is 11.6 Å². The standard InChI is InChI=1S/C22H20ClN3O4S/c1-14-19(21(24)27)4-3-5-20(14)25-22(28)15-6-10-17(11-7-15)26(2)31(29,30)18-12-8-16(23)9-13-18/h3-13H,1-2H3,(H2,24,27)(H,25,28). The van der Waals surface area contributed by atoms with E-state index in [4.69, 9.17) is 17.3 Å². The van der Waals surface area contributed by atoms with Gasteiger partial charge in [0.2, 0.25) is 5.91 Å². The van der Waals surface area contributed by atoms with Gasteiger partial charge >= 0.3 is 0 Å². The van der Waals surface area contributed by atoms with Crippen molar-refractivity contribution in [3.63, 3.8) is 0 Å². The molecule has 31 heavy (non-hydrogen) atoms. The molecule has 0 fully saturated rings. The Hall–Kier alpha value is -3.36. The molecule has 160 valence electrons. The van der Waals surface area contributed by atoms with E-state index < -0.39 is 21.8 Å². The summed E-state index contributed by atoms with van der Waals surface area (Å²) in [5, 5.41) is 3.18. The number of halogens is 1. The highest BCUT2D eigenvalue weighted by molar-refractivity contribution is 7.92. The summed E-state index contributed by atoms with van der Waals surface area (Å²) in [6, 6.07) is 16.9. The fourth-order valence-electron chi connectivity index (χ4n) is 2.96. The van der Waals surface area contributed by atoms with Crippen LogP contribution in [0.25, 0.3) is 0 Å². The van der Waals surface area contributed by atoms with Gasteiger partial charge in [0.1, 0.15) is 0 Å². The summed E-state index contributed by atoms with van der Waals surface area (Å²) in [5.74, 6) is -0.984. The van der Waals surface area contributed by atoms with E-state index in [-0.39, 0.29) is 4.90 Å². The van der Waals surface area contributed by atoms with E-state index in [0.29, 0.717) is 33.1 Å². The normalized spacial score (nSPS) is 11.1. The number of sulfonamides is 1. The predicted molar refractivity (Wildman–Crippen MR) is 121 cm³/mol. The number of nitrogens with zero attached hydrogens (tertiary/aromatic N) is 1. The van der Waals surface area contributed by atoms with Crippen LogP contribution in [0, 0.1) is 6.92 Å². The summed E-state index contributed by atoms with van der Waals surface area (Å²) in [5.41, 5.74) is 7.41. The number of benzene rings is 3. The number of primary amides is 1. The molecule has 0 unspecified atom stereocenters. The Kier molecular flexibility index (Phi) is 6.33. The SMILES string of the molecule is Cc1c(NC(=O)c2ccc(N(C)S(=O)(=O)c3ccc(Cl)cc3)cc2)cccc1C(N)=O. The monoisotopic (exact) mass is 457 g/mol. The molecular weight excluding hydrogens is 438 g/mol. The van der Waals surface area contributed by atoms with Crippen molar-refractivity contribution in [1.82, 2.24) is 0 Å². The van der Waals surface area contributed by atoms with Crippen LogP contribution in [0.1, 0.15) is 26.3 Å². The molecule has 0 aliphatic carbocycles. The van der Waals surface area contributed by atoms with Gasteiger partial charge in [-0.1, -0.05) is 17.7 Å². The summed E-state index contributed by atoms with van der Waals surface area (Å²) >= 11 is 5.83. The first-order chi connectivity index (χ1) is 14.6. The van der Waals surface area contributed by atoms with Gasteiger partial charge < -0.3 is 11.1 Å². The van der Waals surface area contributed by atoms with E-state index in [1.807, 2.05) is 0 Å². The maximum atomic E-state index is 12.8. The molecule has 0 saturated carbocycles. The Morgan fingerprint density at radius 3 is 2.16 bits per heavy atom. The minimum atomic E-state index is -3.78. The quantitative estimate of drug-likeness (QED) is 0.586. The average Bonchev–Trinajstić information content (AvgIpc) is 2.74. The van der Waals surface area contributed by atoms with E-state index in [0.717, 1.165) is 4.31 Å². The van der Waals surface area contributed by atoms with Crippen molar-refractivity contribution in [2.75, 3.05) is 16.7 Å². The summed E-state index contributed by atoms with van der Waals surface area (Å²) in [4.78, 5) is 24.2. The second kappa shape index (κ2) is 8.79. The van der Waals surface area contributed by atoms with Crippen LogP contribution in [-0.2, 0) is 10.0 Å². The summed E-state index contributed by atoms with van der Waals surface area (Å²) in [7, 11) is -2.35. The molecule has 0 radical (unpaired) electrons. The molecule has 3 aromatic rings. The molecule has 3 aromatic carbocycles. The second-order valence-electron chi connectivity index (χ2n) is 6.77. The van der Waals surface area contributed by atoms with E-state index in [2.05, 4.69) is 5.32 Å². The van der Waals surface area contributed by atoms with Crippen LogP contribution in [0.2, 0.25) is 5.02 Å². The van der Waals surface area contributed by atoms with Crippen molar-refractivity contribution in [3.05, 3.63) is 88.4 Å². The molecule has 0 atom stereocenters. The molecule has 0 heterocycles. The summed E-state index contributed by atoms with van der Waals surface area (Å²) in [6.45, 7) is 1.69. The average molecular weight is 458 g/mol. The number of carbonyl (C=O) groups is 2. The zero-order chi connectivity index (χ0) is 22.8. The van der Waals surface area contributed by atoms with Gasteiger partial charge in [-0.25, -0.2) is 8.42 Å². The zero-order valence-corrected chi connectivity index (χ0v) is 18.4. The van der Waals surface area contributed by atoms with Crippen LogP contribution in [0.5, 0.6) is 0 Å². The van der Waals surface area contributed by atoms with E-state index >= 15 is 0 Å². The molecule has 3 rings (SSSR count). The molecule has 2 amide bonds. The van der Waals surface area contributed by atoms with E-state index in [9.17, 15) is 18.0 Å². The van der Waals surface area contributed by atoms with Crippen LogP contribution < -0.4 is 15.4 Å². The third kappa shape index (κ3) is 4.70. The highest BCUT2D eigenvalue weighted by atomic mass is 35.5. The molecule has 9 heteroatoms. The molecule has 0 saturated heterocycles. The van der Waals surface area contributed by atoms with Gasteiger partial charge in [0, 0.05) is 28.9 Å². The lowest BCUT2D eigenvalue weighted by atomic mass is 10.1. The fraction of sp³-hybridized carbons (Fsp3) is 0.0909. The van der Waals surface area contributed by atoms with Crippen molar-refractivity contribution in [1.29, 1.82) is 0 Å². The number of rotatable bonds is 6. The van der Waals surface area contributed by atoms with Crippen molar-refractivity contribution in [2.45, 2.75) is 11.8 Å². The van der Waals surface area contributed by atoms with Gasteiger partial charge in [-0.3, -0.25) is 13.9 Å². The molecule has 0 aliphatic heterocycles. The van der Waals surface area contributed by atoms with Crippen LogP contribution in [-0.4, -0.2) is 27.3 Å². The first-order valence-corrected chi connectivity index (χ1v) is 11.0. The van der Waals surface area contributed by atoms with Gasteiger partial charge in [-0.15, -0.1) is 0 Å². The Balaban J connectivity index is 1.80. The van der Waals surface area contributed by atoms with Gasteiger partial charge in [-0.2, -0.15) is 0 Å². The first kappa shape index (κ1) is 22.3. The third-order valence-corrected chi connectivity index (χ3v) is 6.86. The van der Waals surface area contributed by atoms with Crippen molar-refractivity contribution in [3.8, 4) is 0 Å². The fourth-order valence-corrected chi connectivity index (χ4v) is 4.28. The Morgan fingerprint density at radius 2 is 1.58 bits per heavy atom. The molecule has 0 aromatic heterocycles.